The summed E-state index contributed by atoms with van der Waals surface area (Å²) in [5.74, 6) is 2.81. The molecule has 1 N–H and O–H groups in total. The lowest BCUT2D eigenvalue weighted by molar-refractivity contribution is 0.226. The van der Waals surface area contributed by atoms with Crippen LogP contribution in [0.5, 0.6) is 0 Å². The fourth-order valence-corrected chi connectivity index (χ4v) is 2.82. The quantitative estimate of drug-likeness (QED) is 0.709. The highest BCUT2D eigenvalue weighted by Gasteiger charge is 2.23. The van der Waals surface area contributed by atoms with Gasteiger partial charge in [0, 0.05) is 0 Å². The monoisotopic (exact) mass is 183 g/mol. The first-order chi connectivity index (χ1) is 6.25. The molecule has 1 rings (SSSR count). The van der Waals surface area contributed by atoms with E-state index in [-0.39, 0.29) is 0 Å². The Balaban J connectivity index is 2.45. The summed E-state index contributed by atoms with van der Waals surface area (Å²) in [5.41, 5.74) is 0. The normalized spacial score (nSPS) is 27.2. The Labute approximate surface area is 83.3 Å². The van der Waals surface area contributed by atoms with Crippen LogP contribution < -0.4 is 5.32 Å². The van der Waals surface area contributed by atoms with E-state index < -0.39 is 0 Å². The molecule has 0 amide bonds. The van der Waals surface area contributed by atoms with Crippen LogP contribution in [0.15, 0.2) is 0 Å². The average molecular weight is 183 g/mol. The number of nitrogens with one attached hydrogen (secondary N) is 1. The van der Waals surface area contributed by atoms with Crippen LogP contribution in [0.2, 0.25) is 0 Å². The van der Waals surface area contributed by atoms with Crippen molar-refractivity contribution in [3.8, 4) is 0 Å². The first kappa shape index (κ1) is 11.0. The van der Waals surface area contributed by atoms with Crippen molar-refractivity contribution in [2.45, 2.75) is 46.5 Å². The highest BCUT2D eigenvalue weighted by Crippen LogP contribution is 2.30. The highest BCUT2D eigenvalue weighted by atomic mass is 14.8. The molecule has 1 heteroatoms. The smallest absolute Gasteiger partial charge is 0.00462 e. The summed E-state index contributed by atoms with van der Waals surface area (Å²) >= 11 is 0. The summed E-state index contributed by atoms with van der Waals surface area (Å²) in [6.07, 6.45) is 5.59. The zero-order valence-corrected chi connectivity index (χ0v) is 9.47. The molecule has 1 aliphatic heterocycles. The average Bonchev–Trinajstić information content (AvgIpc) is 2.33. The van der Waals surface area contributed by atoms with E-state index in [0.29, 0.717) is 0 Å². The number of hydrogen-bond acceptors (Lipinski definition) is 1. The molecule has 2 unspecified atom stereocenters. The SMILES string of the molecule is CCC(C(C)C)C1CCCNCC1. The summed E-state index contributed by atoms with van der Waals surface area (Å²) in [6.45, 7) is 9.60. The molecule has 1 aliphatic rings. The molecule has 1 fully saturated rings. The summed E-state index contributed by atoms with van der Waals surface area (Å²) in [4.78, 5) is 0. The maximum Gasteiger partial charge on any atom is -0.00462 e. The summed E-state index contributed by atoms with van der Waals surface area (Å²) in [5, 5.41) is 3.50. The fraction of sp³-hybridized carbons (Fsp3) is 1.00. The van der Waals surface area contributed by atoms with Gasteiger partial charge >= 0.3 is 0 Å². The predicted molar refractivity (Wildman–Crippen MR) is 58.8 cm³/mol. The van der Waals surface area contributed by atoms with Crippen molar-refractivity contribution in [2.24, 2.45) is 17.8 Å². The predicted octanol–water partition coefficient (Wildman–Crippen LogP) is 3.06. The minimum Gasteiger partial charge on any atom is -0.317 e. The minimum absolute atomic E-state index is 0.869. The first-order valence-corrected chi connectivity index (χ1v) is 5.96. The molecule has 0 spiro atoms. The molecule has 1 nitrogen and oxygen atoms in total. The topological polar surface area (TPSA) is 12.0 Å². The Hall–Kier alpha value is -0.0400. The highest BCUT2D eigenvalue weighted by molar-refractivity contribution is 4.75. The molecule has 0 aromatic heterocycles. The molecule has 1 saturated heterocycles. The second-order valence-corrected chi connectivity index (χ2v) is 4.76. The molecule has 0 aromatic carbocycles. The van der Waals surface area contributed by atoms with Crippen LogP contribution in [0.25, 0.3) is 0 Å². The van der Waals surface area contributed by atoms with Crippen molar-refractivity contribution in [1.82, 2.24) is 5.32 Å². The van der Waals surface area contributed by atoms with E-state index in [1.54, 1.807) is 0 Å². The summed E-state index contributed by atoms with van der Waals surface area (Å²) in [6, 6.07) is 0. The van der Waals surface area contributed by atoms with Gasteiger partial charge in [0.25, 0.3) is 0 Å². The third-order valence-corrected chi connectivity index (χ3v) is 3.55. The van der Waals surface area contributed by atoms with Gasteiger partial charge in [-0.25, -0.2) is 0 Å². The second kappa shape index (κ2) is 5.64. The van der Waals surface area contributed by atoms with Crippen LogP contribution in [0, 0.1) is 17.8 Å². The molecule has 0 radical (unpaired) electrons. The minimum atomic E-state index is 0.869. The van der Waals surface area contributed by atoms with Crippen molar-refractivity contribution < 1.29 is 0 Å². The fourth-order valence-electron chi connectivity index (χ4n) is 2.82. The third kappa shape index (κ3) is 3.30. The molecule has 0 aromatic rings. The summed E-state index contributed by atoms with van der Waals surface area (Å²) < 4.78 is 0. The summed E-state index contributed by atoms with van der Waals surface area (Å²) in [7, 11) is 0. The van der Waals surface area contributed by atoms with Gasteiger partial charge in [-0.3, -0.25) is 0 Å². The van der Waals surface area contributed by atoms with Gasteiger partial charge in [-0.2, -0.15) is 0 Å². The number of hydrogen-bond donors (Lipinski definition) is 1. The Morgan fingerprint density at radius 1 is 1.23 bits per heavy atom. The van der Waals surface area contributed by atoms with Crippen LogP contribution in [-0.4, -0.2) is 13.1 Å². The van der Waals surface area contributed by atoms with Gasteiger partial charge in [-0.05, 0) is 50.1 Å². The zero-order chi connectivity index (χ0) is 9.68. The molecule has 0 bridgehead atoms. The third-order valence-electron chi connectivity index (χ3n) is 3.55. The molecular formula is C12H25N. The molecular weight excluding hydrogens is 158 g/mol. The molecule has 2 atom stereocenters. The Bertz CT molecular complexity index is 123. The Kier molecular flexibility index (Phi) is 4.79. The lowest BCUT2D eigenvalue weighted by Crippen LogP contribution is -2.21. The number of rotatable bonds is 3. The maximum absolute atomic E-state index is 3.50. The van der Waals surface area contributed by atoms with E-state index in [0.717, 1.165) is 17.8 Å². The van der Waals surface area contributed by atoms with Gasteiger partial charge in [0.05, 0.1) is 0 Å². The second-order valence-electron chi connectivity index (χ2n) is 4.76. The van der Waals surface area contributed by atoms with Gasteiger partial charge in [0.1, 0.15) is 0 Å². The van der Waals surface area contributed by atoms with Crippen molar-refractivity contribution in [1.29, 1.82) is 0 Å². The van der Waals surface area contributed by atoms with Gasteiger partial charge in [-0.1, -0.05) is 27.2 Å². The van der Waals surface area contributed by atoms with E-state index in [1.165, 1.54) is 38.8 Å². The van der Waals surface area contributed by atoms with E-state index in [4.69, 9.17) is 0 Å². The Morgan fingerprint density at radius 2 is 2.00 bits per heavy atom. The van der Waals surface area contributed by atoms with Gasteiger partial charge in [-0.15, -0.1) is 0 Å². The van der Waals surface area contributed by atoms with Crippen LogP contribution >= 0.6 is 0 Å². The molecule has 0 saturated carbocycles. The lowest BCUT2D eigenvalue weighted by atomic mass is 9.78. The van der Waals surface area contributed by atoms with E-state index in [9.17, 15) is 0 Å². The van der Waals surface area contributed by atoms with Crippen molar-refractivity contribution in [3.05, 3.63) is 0 Å². The zero-order valence-electron chi connectivity index (χ0n) is 9.47. The van der Waals surface area contributed by atoms with Gasteiger partial charge < -0.3 is 5.32 Å². The van der Waals surface area contributed by atoms with E-state index in [1.807, 2.05) is 0 Å². The molecule has 1 heterocycles. The van der Waals surface area contributed by atoms with E-state index in [2.05, 4.69) is 26.1 Å². The standard InChI is InChI=1S/C12H25N/c1-4-12(10(2)3)11-6-5-8-13-9-7-11/h10-13H,4-9H2,1-3H3. The van der Waals surface area contributed by atoms with Gasteiger partial charge in [0.15, 0.2) is 0 Å². The van der Waals surface area contributed by atoms with Crippen LogP contribution in [0.3, 0.4) is 0 Å². The van der Waals surface area contributed by atoms with Crippen LogP contribution in [0.4, 0.5) is 0 Å². The molecule has 0 aliphatic carbocycles. The molecule has 78 valence electrons. The molecule has 13 heavy (non-hydrogen) atoms. The maximum atomic E-state index is 3.50. The largest absolute Gasteiger partial charge is 0.317 e. The van der Waals surface area contributed by atoms with Crippen molar-refractivity contribution in [3.63, 3.8) is 0 Å². The van der Waals surface area contributed by atoms with E-state index >= 15 is 0 Å². The van der Waals surface area contributed by atoms with Crippen molar-refractivity contribution >= 4 is 0 Å². The lowest BCUT2D eigenvalue weighted by Gasteiger charge is -2.28. The van der Waals surface area contributed by atoms with Crippen LogP contribution in [0.1, 0.15) is 46.5 Å². The van der Waals surface area contributed by atoms with Crippen LogP contribution in [-0.2, 0) is 0 Å². The first-order valence-electron chi connectivity index (χ1n) is 5.96. The van der Waals surface area contributed by atoms with Crippen molar-refractivity contribution in [2.75, 3.05) is 13.1 Å². The van der Waals surface area contributed by atoms with Gasteiger partial charge in [0.2, 0.25) is 0 Å². The Morgan fingerprint density at radius 3 is 2.62 bits per heavy atom.